The van der Waals surface area contributed by atoms with Crippen LogP contribution in [0.15, 0.2) is 54.6 Å². The van der Waals surface area contributed by atoms with Crippen LogP contribution in [0.5, 0.6) is 11.5 Å². The Hall–Kier alpha value is -3.28. The second kappa shape index (κ2) is 6.46. The van der Waals surface area contributed by atoms with Gasteiger partial charge in [0.1, 0.15) is 18.2 Å². The third-order valence-corrected chi connectivity index (χ3v) is 4.56. The first-order chi connectivity index (χ1) is 13.0. The highest BCUT2D eigenvalue weighted by Crippen LogP contribution is 2.36. The maximum atomic E-state index is 12.8. The molecule has 138 valence electrons. The molecular weight excluding hydrogens is 342 g/mol. The lowest BCUT2D eigenvalue weighted by Crippen LogP contribution is -2.53. The number of aromatic nitrogens is 1. The minimum absolute atomic E-state index is 0.172. The monoisotopic (exact) mass is 363 g/mol. The van der Waals surface area contributed by atoms with Crippen molar-refractivity contribution in [2.75, 3.05) is 23.8 Å². The van der Waals surface area contributed by atoms with Gasteiger partial charge in [0.05, 0.1) is 6.54 Å². The molecule has 1 amide bonds. The number of hydrogen-bond donors (Lipinski definition) is 1. The highest BCUT2D eigenvalue weighted by molar-refractivity contribution is 6.01. The lowest BCUT2D eigenvalue weighted by Gasteiger charge is -2.37. The molecule has 2 N–H and O–H groups in total. The molecule has 4 rings (SSSR count). The van der Waals surface area contributed by atoms with E-state index in [0.717, 1.165) is 16.5 Å². The molecule has 0 unspecified atom stereocenters. The fourth-order valence-corrected chi connectivity index (χ4v) is 3.24. The number of amides is 1. The Labute approximate surface area is 157 Å². The number of nitrogens with two attached hydrogens (primary N) is 1. The number of fused-ring (bicyclic) bond motifs is 2. The highest BCUT2D eigenvalue weighted by atomic mass is 16.5. The van der Waals surface area contributed by atoms with Gasteiger partial charge in [-0.3, -0.25) is 9.69 Å². The lowest BCUT2D eigenvalue weighted by atomic mass is 10.1. The Morgan fingerprint density at radius 3 is 2.74 bits per heavy atom. The van der Waals surface area contributed by atoms with Crippen LogP contribution < -0.4 is 20.1 Å². The summed E-state index contributed by atoms with van der Waals surface area (Å²) in [7, 11) is 0. The highest BCUT2D eigenvalue weighted by Gasteiger charge is 2.41. The summed E-state index contributed by atoms with van der Waals surface area (Å²) in [6.07, 6.45) is 0. The number of rotatable bonds is 4. The maximum absolute atomic E-state index is 12.8. The quantitative estimate of drug-likeness (QED) is 0.769. The molecule has 6 heteroatoms. The van der Waals surface area contributed by atoms with E-state index in [4.69, 9.17) is 15.2 Å². The van der Waals surface area contributed by atoms with Gasteiger partial charge in [0, 0.05) is 5.39 Å². The van der Waals surface area contributed by atoms with Gasteiger partial charge in [-0.15, -0.1) is 0 Å². The summed E-state index contributed by atoms with van der Waals surface area (Å²) in [4.78, 5) is 18.7. The van der Waals surface area contributed by atoms with Gasteiger partial charge in [-0.05, 0) is 37.4 Å². The Balaban J connectivity index is 1.57. The minimum atomic E-state index is -0.968. The molecule has 0 saturated carbocycles. The molecule has 1 aliphatic rings. The third kappa shape index (κ3) is 3.14. The first-order valence-electron chi connectivity index (χ1n) is 8.84. The lowest BCUT2D eigenvalue weighted by molar-refractivity contribution is -0.132. The van der Waals surface area contributed by atoms with Gasteiger partial charge in [0.15, 0.2) is 17.2 Å². The van der Waals surface area contributed by atoms with Crippen LogP contribution in [0.1, 0.15) is 13.8 Å². The largest absolute Gasteiger partial charge is 0.491 e. The van der Waals surface area contributed by atoms with E-state index >= 15 is 0 Å². The zero-order chi connectivity index (χ0) is 19.0. The first kappa shape index (κ1) is 17.1. The number of carbonyl (C=O) groups excluding carboxylic acids is 1. The van der Waals surface area contributed by atoms with Crippen LogP contribution in [-0.4, -0.2) is 29.6 Å². The molecule has 0 aliphatic carbocycles. The fraction of sp³-hybridized carbons (Fsp3) is 0.238. The number of nitrogen functional groups attached to an aromatic ring is 1. The molecule has 3 aromatic rings. The average Bonchev–Trinajstić information content (AvgIpc) is 2.65. The van der Waals surface area contributed by atoms with Gasteiger partial charge in [0.25, 0.3) is 5.91 Å². The molecule has 1 aliphatic heterocycles. The van der Waals surface area contributed by atoms with Crippen molar-refractivity contribution in [1.82, 2.24) is 4.98 Å². The van der Waals surface area contributed by atoms with Crippen LogP contribution in [0.25, 0.3) is 10.8 Å². The SMILES string of the molecule is CC1(C)Oc2ccc(N)nc2N(CCOc2cccc3ccccc23)C1=O. The number of nitrogens with zero attached hydrogens (tertiary/aromatic N) is 2. The van der Waals surface area contributed by atoms with Crippen molar-refractivity contribution in [2.45, 2.75) is 19.4 Å². The summed E-state index contributed by atoms with van der Waals surface area (Å²) < 4.78 is 11.8. The molecule has 0 atom stereocenters. The Kier molecular flexibility index (Phi) is 4.11. The van der Waals surface area contributed by atoms with Crippen molar-refractivity contribution in [3.8, 4) is 11.5 Å². The molecule has 2 heterocycles. The molecule has 0 fully saturated rings. The second-order valence-electron chi connectivity index (χ2n) is 6.95. The molecule has 0 saturated heterocycles. The fourth-order valence-electron chi connectivity index (χ4n) is 3.24. The molecule has 2 aromatic carbocycles. The van der Waals surface area contributed by atoms with Crippen molar-refractivity contribution in [3.63, 3.8) is 0 Å². The van der Waals surface area contributed by atoms with E-state index in [2.05, 4.69) is 4.98 Å². The summed E-state index contributed by atoms with van der Waals surface area (Å²) in [5.41, 5.74) is 4.84. The Morgan fingerprint density at radius 2 is 1.89 bits per heavy atom. The van der Waals surface area contributed by atoms with E-state index in [0.29, 0.717) is 30.5 Å². The number of benzene rings is 2. The molecule has 0 spiro atoms. The van der Waals surface area contributed by atoms with E-state index in [-0.39, 0.29) is 5.91 Å². The van der Waals surface area contributed by atoms with Gasteiger partial charge in [-0.1, -0.05) is 36.4 Å². The topological polar surface area (TPSA) is 77.7 Å². The van der Waals surface area contributed by atoms with Gasteiger partial charge >= 0.3 is 0 Å². The standard InChI is InChI=1S/C21H21N3O3/c1-21(2)20(25)24(19-17(27-21)10-11-18(22)23-19)12-13-26-16-9-5-7-14-6-3-4-8-15(14)16/h3-11H,12-13H2,1-2H3,(H2,22,23). The normalized spacial score (nSPS) is 15.3. The van der Waals surface area contributed by atoms with E-state index in [9.17, 15) is 4.79 Å². The maximum Gasteiger partial charge on any atom is 0.271 e. The summed E-state index contributed by atoms with van der Waals surface area (Å²) >= 11 is 0. The molecular formula is C21H21N3O3. The molecule has 0 bridgehead atoms. The van der Waals surface area contributed by atoms with Gasteiger partial charge in [-0.2, -0.15) is 0 Å². The molecule has 6 nitrogen and oxygen atoms in total. The second-order valence-corrected chi connectivity index (χ2v) is 6.95. The molecule has 0 radical (unpaired) electrons. The Morgan fingerprint density at radius 1 is 1.11 bits per heavy atom. The van der Waals surface area contributed by atoms with Crippen molar-refractivity contribution in [1.29, 1.82) is 0 Å². The molecule has 1 aromatic heterocycles. The van der Waals surface area contributed by atoms with Gasteiger partial charge in [0.2, 0.25) is 0 Å². The summed E-state index contributed by atoms with van der Waals surface area (Å²) in [6, 6.07) is 17.4. The van der Waals surface area contributed by atoms with E-state index in [1.165, 1.54) is 0 Å². The van der Waals surface area contributed by atoms with Crippen molar-refractivity contribution < 1.29 is 14.3 Å². The summed E-state index contributed by atoms with van der Waals surface area (Å²) in [6.45, 7) is 4.16. The van der Waals surface area contributed by atoms with Crippen LogP contribution in [0, 0.1) is 0 Å². The van der Waals surface area contributed by atoms with Crippen molar-refractivity contribution >= 4 is 28.3 Å². The van der Waals surface area contributed by atoms with E-state index in [1.54, 1.807) is 30.9 Å². The zero-order valence-electron chi connectivity index (χ0n) is 15.3. The van der Waals surface area contributed by atoms with Gasteiger partial charge in [-0.25, -0.2) is 4.98 Å². The average molecular weight is 363 g/mol. The number of carbonyl (C=O) groups is 1. The van der Waals surface area contributed by atoms with Crippen LogP contribution in [0.2, 0.25) is 0 Å². The zero-order valence-corrected chi connectivity index (χ0v) is 15.3. The smallest absolute Gasteiger partial charge is 0.271 e. The number of pyridine rings is 1. The summed E-state index contributed by atoms with van der Waals surface area (Å²) in [5.74, 6) is 1.92. The predicted octanol–water partition coefficient (Wildman–Crippen LogP) is 3.40. The minimum Gasteiger partial charge on any atom is -0.491 e. The van der Waals surface area contributed by atoms with Crippen LogP contribution >= 0.6 is 0 Å². The third-order valence-electron chi connectivity index (χ3n) is 4.56. The van der Waals surface area contributed by atoms with E-state index in [1.807, 2.05) is 42.5 Å². The number of ether oxygens (including phenoxy) is 2. The molecule has 27 heavy (non-hydrogen) atoms. The summed E-state index contributed by atoms with van der Waals surface area (Å²) in [5, 5.41) is 2.15. The first-order valence-corrected chi connectivity index (χ1v) is 8.84. The van der Waals surface area contributed by atoms with Crippen LogP contribution in [0.4, 0.5) is 11.6 Å². The van der Waals surface area contributed by atoms with Crippen molar-refractivity contribution in [3.05, 3.63) is 54.6 Å². The Bertz CT molecular complexity index is 1010. The van der Waals surface area contributed by atoms with Crippen LogP contribution in [0.3, 0.4) is 0 Å². The van der Waals surface area contributed by atoms with Crippen molar-refractivity contribution in [2.24, 2.45) is 0 Å². The van der Waals surface area contributed by atoms with Gasteiger partial charge < -0.3 is 15.2 Å². The van der Waals surface area contributed by atoms with Crippen LogP contribution in [-0.2, 0) is 4.79 Å². The van der Waals surface area contributed by atoms with E-state index < -0.39 is 5.60 Å². The number of anilines is 2. The predicted molar refractivity (Wildman–Crippen MR) is 105 cm³/mol. The number of hydrogen-bond acceptors (Lipinski definition) is 5.